The van der Waals surface area contributed by atoms with E-state index in [1.807, 2.05) is 12.1 Å². The minimum absolute atomic E-state index is 0. The fraction of sp³-hybridized carbons (Fsp3) is 0.381. The van der Waals surface area contributed by atoms with Crippen LogP contribution in [0.25, 0.3) is 0 Å². The van der Waals surface area contributed by atoms with Gasteiger partial charge in [-0.15, -0.1) is 24.0 Å². The van der Waals surface area contributed by atoms with E-state index in [1.54, 1.807) is 7.05 Å². The molecule has 0 aliphatic carbocycles. The Kier molecular flexibility index (Phi) is 9.49. The number of ether oxygens (including phenoxy) is 1. The standard InChI is InChI=1S/C21H27FN4O.HI/c1-23-21(24-11-10-17-6-8-19(22)9-7-17)25-16-18-4-2-3-5-20(18)26-12-14-27-15-13-26;/h2-9H,10-16H2,1H3,(H2,23,24,25);1H. The Bertz CT molecular complexity index is 748. The topological polar surface area (TPSA) is 48.9 Å². The number of rotatable bonds is 6. The Morgan fingerprint density at radius 1 is 1.07 bits per heavy atom. The van der Waals surface area contributed by atoms with E-state index >= 15 is 0 Å². The quantitative estimate of drug-likeness (QED) is 0.365. The molecule has 2 N–H and O–H groups in total. The first-order valence-electron chi connectivity index (χ1n) is 9.36. The van der Waals surface area contributed by atoms with Gasteiger partial charge in [0.1, 0.15) is 5.82 Å². The van der Waals surface area contributed by atoms with Crippen LogP contribution in [0.15, 0.2) is 53.5 Å². The Morgan fingerprint density at radius 3 is 2.50 bits per heavy atom. The van der Waals surface area contributed by atoms with Gasteiger partial charge in [0, 0.05) is 38.9 Å². The first-order valence-corrected chi connectivity index (χ1v) is 9.36. The summed E-state index contributed by atoms with van der Waals surface area (Å²) >= 11 is 0. The van der Waals surface area contributed by atoms with E-state index in [2.05, 4.69) is 44.8 Å². The average molecular weight is 498 g/mol. The molecular weight excluding hydrogens is 470 g/mol. The van der Waals surface area contributed by atoms with Crippen LogP contribution in [0.4, 0.5) is 10.1 Å². The molecule has 0 spiro atoms. The minimum Gasteiger partial charge on any atom is -0.378 e. The number of anilines is 1. The first kappa shape index (κ1) is 22.4. The first-order chi connectivity index (χ1) is 13.3. The third-order valence-electron chi connectivity index (χ3n) is 4.63. The van der Waals surface area contributed by atoms with Crippen LogP contribution in [-0.4, -0.2) is 45.9 Å². The predicted octanol–water partition coefficient (Wildman–Crippen LogP) is 3.19. The lowest BCUT2D eigenvalue weighted by molar-refractivity contribution is 0.122. The van der Waals surface area contributed by atoms with Gasteiger partial charge in [-0.1, -0.05) is 30.3 Å². The molecule has 0 saturated carbocycles. The Labute approximate surface area is 183 Å². The maximum absolute atomic E-state index is 13.0. The van der Waals surface area contributed by atoms with Crippen molar-refractivity contribution in [2.75, 3.05) is 44.8 Å². The summed E-state index contributed by atoms with van der Waals surface area (Å²) in [6.07, 6.45) is 0.811. The van der Waals surface area contributed by atoms with Crippen molar-refractivity contribution in [2.45, 2.75) is 13.0 Å². The summed E-state index contributed by atoms with van der Waals surface area (Å²) < 4.78 is 18.4. The van der Waals surface area contributed by atoms with E-state index in [9.17, 15) is 4.39 Å². The molecule has 0 atom stereocenters. The summed E-state index contributed by atoms with van der Waals surface area (Å²) in [5.41, 5.74) is 3.58. The van der Waals surface area contributed by atoms with Gasteiger partial charge in [-0.05, 0) is 35.7 Å². The van der Waals surface area contributed by atoms with Crippen molar-refractivity contribution in [3.63, 3.8) is 0 Å². The highest BCUT2D eigenvalue weighted by atomic mass is 127. The van der Waals surface area contributed by atoms with Crippen molar-refractivity contribution in [1.29, 1.82) is 0 Å². The SMILES string of the molecule is CN=C(NCCc1ccc(F)cc1)NCc1ccccc1N1CCOCC1.I. The van der Waals surface area contributed by atoms with Crippen molar-refractivity contribution in [3.8, 4) is 0 Å². The largest absolute Gasteiger partial charge is 0.378 e. The van der Waals surface area contributed by atoms with E-state index in [4.69, 9.17) is 4.74 Å². The molecule has 0 radical (unpaired) electrons. The van der Waals surface area contributed by atoms with Gasteiger partial charge in [0.15, 0.2) is 5.96 Å². The van der Waals surface area contributed by atoms with Crippen molar-refractivity contribution < 1.29 is 9.13 Å². The van der Waals surface area contributed by atoms with Crippen LogP contribution in [-0.2, 0) is 17.7 Å². The molecule has 0 amide bonds. The molecule has 152 valence electrons. The zero-order chi connectivity index (χ0) is 18.9. The molecule has 28 heavy (non-hydrogen) atoms. The number of guanidine groups is 1. The second kappa shape index (κ2) is 11.9. The number of nitrogens with one attached hydrogen (secondary N) is 2. The summed E-state index contributed by atoms with van der Waals surface area (Å²) in [6, 6.07) is 15.0. The molecule has 0 aromatic heterocycles. The normalized spacial score (nSPS) is 14.4. The average Bonchev–Trinajstić information content (AvgIpc) is 2.73. The molecular formula is C21H28FIN4O. The Balaban J connectivity index is 0.00000280. The maximum atomic E-state index is 13.0. The lowest BCUT2D eigenvalue weighted by Crippen LogP contribution is -2.39. The number of para-hydroxylation sites is 1. The number of hydrogen-bond acceptors (Lipinski definition) is 3. The van der Waals surface area contributed by atoms with Gasteiger partial charge in [0.2, 0.25) is 0 Å². The highest BCUT2D eigenvalue weighted by molar-refractivity contribution is 14.0. The monoisotopic (exact) mass is 498 g/mol. The molecule has 2 aromatic carbocycles. The van der Waals surface area contributed by atoms with Gasteiger partial charge in [-0.2, -0.15) is 0 Å². The van der Waals surface area contributed by atoms with Crippen molar-refractivity contribution in [1.82, 2.24) is 10.6 Å². The number of morpholine rings is 1. The molecule has 1 heterocycles. The van der Waals surface area contributed by atoms with E-state index in [1.165, 1.54) is 23.4 Å². The van der Waals surface area contributed by atoms with Crippen LogP contribution in [0.5, 0.6) is 0 Å². The van der Waals surface area contributed by atoms with Crippen LogP contribution in [0.2, 0.25) is 0 Å². The number of hydrogen-bond donors (Lipinski definition) is 2. The zero-order valence-electron chi connectivity index (χ0n) is 16.2. The van der Waals surface area contributed by atoms with Crippen LogP contribution >= 0.6 is 24.0 Å². The van der Waals surface area contributed by atoms with Gasteiger partial charge in [-0.25, -0.2) is 4.39 Å². The molecule has 0 unspecified atom stereocenters. The third-order valence-corrected chi connectivity index (χ3v) is 4.63. The number of aliphatic imine (C=N–C) groups is 1. The molecule has 1 aliphatic rings. The molecule has 3 rings (SSSR count). The Morgan fingerprint density at radius 2 is 1.79 bits per heavy atom. The second-order valence-corrected chi connectivity index (χ2v) is 6.46. The fourth-order valence-electron chi connectivity index (χ4n) is 3.15. The van der Waals surface area contributed by atoms with Gasteiger partial charge in [-0.3, -0.25) is 4.99 Å². The van der Waals surface area contributed by atoms with Gasteiger partial charge >= 0.3 is 0 Å². The van der Waals surface area contributed by atoms with E-state index in [0.717, 1.165) is 50.8 Å². The van der Waals surface area contributed by atoms with E-state index in [-0.39, 0.29) is 29.8 Å². The summed E-state index contributed by atoms with van der Waals surface area (Å²) in [7, 11) is 1.76. The van der Waals surface area contributed by atoms with E-state index in [0.29, 0.717) is 6.54 Å². The van der Waals surface area contributed by atoms with Crippen LogP contribution in [0, 0.1) is 5.82 Å². The molecule has 0 bridgehead atoms. The summed E-state index contributed by atoms with van der Waals surface area (Å²) in [4.78, 5) is 6.66. The molecule has 7 heteroatoms. The highest BCUT2D eigenvalue weighted by Crippen LogP contribution is 2.21. The molecule has 2 aromatic rings. The van der Waals surface area contributed by atoms with Crippen LogP contribution in [0.1, 0.15) is 11.1 Å². The number of benzene rings is 2. The van der Waals surface area contributed by atoms with Gasteiger partial charge in [0.25, 0.3) is 0 Å². The lowest BCUT2D eigenvalue weighted by Gasteiger charge is -2.30. The minimum atomic E-state index is -0.205. The predicted molar refractivity (Wildman–Crippen MR) is 123 cm³/mol. The van der Waals surface area contributed by atoms with Crippen molar-refractivity contribution in [3.05, 3.63) is 65.5 Å². The third kappa shape index (κ3) is 6.63. The highest BCUT2D eigenvalue weighted by Gasteiger charge is 2.14. The van der Waals surface area contributed by atoms with Crippen LogP contribution in [0.3, 0.4) is 0 Å². The Hall–Kier alpha value is -1.87. The summed E-state index contributed by atoms with van der Waals surface area (Å²) in [6.45, 7) is 4.81. The molecule has 1 saturated heterocycles. The molecule has 1 aliphatic heterocycles. The van der Waals surface area contributed by atoms with Crippen molar-refractivity contribution in [2.24, 2.45) is 4.99 Å². The smallest absolute Gasteiger partial charge is 0.191 e. The zero-order valence-corrected chi connectivity index (χ0v) is 18.5. The fourth-order valence-corrected chi connectivity index (χ4v) is 3.15. The lowest BCUT2D eigenvalue weighted by atomic mass is 10.1. The van der Waals surface area contributed by atoms with E-state index < -0.39 is 0 Å². The van der Waals surface area contributed by atoms with Crippen LogP contribution < -0.4 is 15.5 Å². The summed E-state index contributed by atoms with van der Waals surface area (Å²) in [5, 5.41) is 6.69. The number of nitrogens with zero attached hydrogens (tertiary/aromatic N) is 2. The summed E-state index contributed by atoms with van der Waals surface area (Å²) in [5.74, 6) is 0.553. The maximum Gasteiger partial charge on any atom is 0.191 e. The number of halogens is 2. The second-order valence-electron chi connectivity index (χ2n) is 6.46. The van der Waals surface area contributed by atoms with Gasteiger partial charge in [0.05, 0.1) is 13.2 Å². The van der Waals surface area contributed by atoms with Crippen molar-refractivity contribution >= 4 is 35.6 Å². The molecule has 5 nitrogen and oxygen atoms in total. The van der Waals surface area contributed by atoms with Gasteiger partial charge < -0.3 is 20.3 Å². The molecule has 1 fully saturated rings.